The monoisotopic (exact) mass is 369 g/mol. The Bertz CT molecular complexity index is 805. The summed E-state index contributed by atoms with van der Waals surface area (Å²) in [4.78, 5) is 18.8. The van der Waals surface area contributed by atoms with Crippen LogP contribution in [0.1, 0.15) is 41.9 Å². The van der Waals surface area contributed by atoms with E-state index in [0.717, 1.165) is 43.1 Å². The van der Waals surface area contributed by atoms with Crippen molar-refractivity contribution >= 4 is 11.6 Å². The highest BCUT2D eigenvalue weighted by Crippen LogP contribution is 2.34. The molecule has 6 nitrogen and oxygen atoms in total. The quantitative estimate of drug-likeness (QED) is 0.847. The van der Waals surface area contributed by atoms with E-state index in [1.165, 1.54) is 11.1 Å². The number of methoxy groups -OCH3 is 2. The molecule has 1 atom stereocenters. The minimum Gasteiger partial charge on any atom is -0.493 e. The molecule has 1 aromatic heterocycles. The Hall–Kier alpha value is -2.76. The molecular weight excluding hydrogens is 342 g/mol. The Balaban J connectivity index is 1.74. The number of rotatable bonds is 6. The van der Waals surface area contributed by atoms with Gasteiger partial charge in [0, 0.05) is 19.1 Å². The van der Waals surface area contributed by atoms with Crippen molar-refractivity contribution in [3.05, 3.63) is 47.3 Å². The SMILES string of the molecule is CCC(C)NC(=O)c1ccc(N2CCc3cc(OC)c(OC)cc3C2)cn1. The zero-order valence-corrected chi connectivity index (χ0v) is 16.4. The van der Waals surface area contributed by atoms with Crippen molar-refractivity contribution in [2.45, 2.75) is 39.3 Å². The molecule has 0 saturated carbocycles. The number of hydrogen-bond donors (Lipinski definition) is 1. The predicted molar refractivity (Wildman–Crippen MR) is 106 cm³/mol. The number of anilines is 1. The molecule has 3 rings (SSSR count). The molecule has 1 unspecified atom stereocenters. The first-order chi connectivity index (χ1) is 13.0. The van der Waals surface area contributed by atoms with E-state index in [0.29, 0.717) is 5.69 Å². The van der Waals surface area contributed by atoms with Crippen LogP contribution in [0, 0.1) is 0 Å². The summed E-state index contributed by atoms with van der Waals surface area (Å²) in [7, 11) is 3.31. The molecule has 0 bridgehead atoms. The van der Waals surface area contributed by atoms with Crippen LogP contribution in [-0.2, 0) is 13.0 Å². The first kappa shape index (κ1) is 19.0. The van der Waals surface area contributed by atoms with Gasteiger partial charge in [0.1, 0.15) is 5.69 Å². The predicted octanol–water partition coefficient (Wildman–Crippen LogP) is 3.19. The van der Waals surface area contributed by atoms with Crippen LogP contribution < -0.4 is 19.7 Å². The topological polar surface area (TPSA) is 63.7 Å². The maximum atomic E-state index is 12.2. The zero-order chi connectivity index (χ0) is 19.4. The molecule has 0 fully saturated rings. The van der Waals surface area contributed by atoms with Gasteiger partial charge in [-0.25, -0.2) is 4.98 Å². The van der Waals surface area contributed by atoms with Gasteiger partial charge in [-0.2, -0.15) is 0 Å². The molecule has 1 aliphatic rings. The van der Waals surface area contributed by atoms with E-state index in [9.17, 15) is 4.79 Å². The second-order valence-electron chi connectivity index (χ2n) is 6.83. The van der Waals surface area contributed by atoms with Gasteiger partial charge in [-0.05, 0) is 55.2 Å². The number of hydrogen-bond acceptors (Lipinski definition) is 5. The van der Waals surface area contributed by atoms with Gasteiger partial charge in [0.2, 0.25) is 0 Å². The number of amides is 1. The summed E-state index contributed by atoms with van der Waals surface area (Å²) in [6, 6.07) is 8.00. The van der Waals surface area contributed by atoms with Crippen LogP contribution >= 0.6 is 0 Å². The second-order valence-corrected chi connectivity index (χ2v) is 6.83. The Labute approximate surface area is 160 Å². The molecule has 0 radical (unpaired) electrons. The van der Waals surface area contributed by atoms with E-state index >= 15 is 0 Å². The molecule has 144 valence electrons. The number of aromatic nitrogens is 1. The third-order valence-electron chi connectivity index (χ3n) is 5.05. The van der Waals surface area contributed by atoms with Crippen LogP contribution in [0.5, 0.6) is 11.5 Å². The lowest BCUT2D eigenvalue weighted by Crippen LogP contribution is -2.33. The summed E-state index contributed by atoms with van der Waals surface area (Å²) in [5.74, 6) is 1.38. The summed E-state index contributed by atoms with van der Waals surface area (Å²) >= 11 is 0. The largest absolute Gasteiger partial charge is 0.493 e. The van der Waals surface area contributed by atoms with Crippen LogP contribution in [0.4, 0.5) is 5.69 Å². The Morgan fingerprint density at radius 2 is 1.93 bits per heavy atom. The lowest BCUT2D eigenvalue weighted by atomic mass is 9.98. The number of nitrogens with one attached hydrogen (secondary N) is 1. The van der Waals surface area contributed by atoms with Gasteiger partial charge in [0.05, 0.1) is 26.1 Å². The van der Waals surface area contributed by atoms with Gasteiger partial charge in [-0.15, -0.1) is 0 Å². The smallest absolute Gasteiger partial charge is 0.270 e. The van der Waals surface area contributed by atoms with Gasteiger partial charge in [-0.1, -0.05) is 6.92 Å². The molecular formula is C21H27N3O3. The summed E-state index contributed by atoms with van der Waals surface area (Å²) in [6.45, 7) is 5.69. The highest BCUT2D eigenvalue weighted by atomic mass is 16.5. The zero-order valence-electron chi connectivity index (χ0n) is 16.4. The van der Waals surface area contributed by atoms with E-state index in [1.54, 1.807) is 26.5 Å². The molecule has 0 spiro atoms. The average Bonchev–Trinajstić information content (AvgIpc) is 2.72. The maximum Gasteiger partial charge on any atom is 0.270 e. The van der Waals surface area contributed by atoms with Crippen LogP contribution in [0.25, 0.3) is 0 Å². The lowest BCUT2D eigenvalue weighted by Gasteiger charge is -2.31. The third kappa shape index (κ3) is 4.15. The summed E-state index contributed by atoms with van der Waals surface area (Å²) in [5, 5.41) is 2.94. The molecule has 2 aromatic rings. The molecule has 0 saturated heterocycles. The number of ether oxygens (including phenoxy) is 2. The van der Waals surface area contributed by atoms with Crippen molar-refractivity contribution in [3.63, 3.8) is 0 Å². The van der Waals surface area contributed by atoms with Crippen molar-refractivity contribution in [2.24, 2.45) is 0 Å². The Morgan fingerprint density at radius 3 is 2.52 bits per heavy atom. The van der Waals surface area contributed by atoms with Gasteiger partial charge in [-0.3, -0.25) is 4.79 Å². The number of carbonyl (C=O) groups excluding carboxylic acids is 1. The van der Waals surface area contributed by atoms with E-state index < -0.39 is 0 Å². The summed E-state index contributed by atoms with van der Waals surface area (Å²) in [6.07, 6.45) is 3.59. The summed E-state index contributed by atoms with van der Waals surface area (Å²) in [5.41, 5.74) is 3.96. The van der Waals surface area contributed by atoms with Gasteiger partial charge >= 0.3 is 0 Å². The van der Waals surface area contributed by atoms with Crippen molar-refractivity contribution in [1.82, 2.24) is 10.3 Å². The van der Waals surface area contributed by atoms with Crippen LogP contribution in [0.15, 0.2) is 30.5 Å². The molecule has 1 amide bonds. The highest BCUT2D eigenvalue weighted by molar-refractivity contribution is 5.92. The number of pyridine rings is 1. The molecule has 0 aliphatic carbocycles. The maximum absolute atomic E-state index is 12.2. The minimum atomic E-state index is -0.128. The molecule has 1 aromatic carbocycles. The van der Waals surface area contributed by atoms with E-state index in [2.05, 4.69) is 21.3 Å². The molecule has 1 aliphatic heterocycles. The van der Waals surface area contributed by atoms with E-state index in [1.807, 2.05) is 26.0 Å². The normalized spacial score (nSPS) is 14.3. The second kappa shape index (κ2) is 8.29. The average molecular weight is 369 g/mol. The van der Waals surface area contributed by atoms with Crippen molar-refractivity contribution in [1.29, 1.82) is 0 Å². The number of benzene rings is 1. The minimum absolute atomic E-state index is 0.128. The van der Waals surface area contributed by atoms with Crippen molar-refractivity contribution < 1.29 is 14.3 Å². The lowest BCUT2D eigenvalue weighted by molar-refractivity contribution is 0.0934. The highest BCUT2D eigenvalue weighted by Gasteiger charge is 2.20. The number of carbonyl (C=O) groups is 1. The fraction of sp³-hybridized carbons (Fsp3) is 0.429. The first-order valence-corrected chi connectivity index (χ1v) is 9.31. The standard InChI is InChI=1S/C21H27N3O3/c1-5-14(2)23-21(25)18-7-6-17(12-22-18)24-9-8-15-10-19(26-3)20(27-4)11-16(15)13-24/h6-7,10-12,14H,5,8-9,13H2,1-4H3,(H,23,25). The molecule has 27 heavy (non-hydrogen) atoms. The van der Waals surface area contributed by atoms with Crippen LogP contribution in [-0.4, -0.2) is 37.7 Å². The summed E-state index contributed by atoms with van der Waals surface area (Å²) < 4.78 is 10.8. The molecule has 1 N–H and O–H groups in total. The first-order valence-electron chi connectivity index (χ1n) is 9.31. The Morgan fingerprint density at radius 1 is 1.22 bits per heavy atom. The van der Waals surface area contributed by atoms with Gasteiger partial charge < -0.3 is 19.7 Å². The number of nitrogens with zero attached hydrogens (tertiary/aromatic N) is 2. The van der Waals surface area contributed by atoms with Crippen LogP contribution in [0.2, 0.25) is 0 Å². The van der Waals surface area contributed by atoms with Crippen molar-refractivity contribution in [2.75, 3.05) is 25.7 Å². The van der Waals surface area contributed by atoms with E-state index in [-0.39, 0.29) is 11.9 Å². The van der Waals surface area contributed by atoms with E-state index in [4.69, 9.17) is 9.47 Å². The fourth-order valence-electron chi connectivity index (χ4n) is 3.21. The Kier molecular flexibility index (Phi) is 5.84. The van der Waals surface area contributed by atoms with Gasteiger partial charge in [0.15, 0.2) is 11.5 Å². The molecule has 6 heteroatoms. The van der Waals surface area contributed by atoms with Crippen LogP contribution in [0.3, 0.4) is 0 Å². The van der Waals surface area contributed by atoms with Crippen molar-refractivity contribution in [3.8, 4) is 11.5 Å². The third-order valence-corrected chi connectivity index (χ3v) is 5.05. The number of fused-ring (bicyclic) bond motifs is 1. The molecule has 2 heterocycles. The van der Waals surface area contributed by atoms with Gasteiger partial charge in [0.25, 0.3) is 5.91 Å². The fourth-order valence-corrected chi connectivity index (χ4v) is 3.21.